The second-order valence-corrected chi connectivity index (χ2v) is 7.12. The lowest BCUT2D eigenvalue weighted by atomic mass is 9.97. The third-order valence-electron chi connectivity index (χ3n) is 4.67. The molecule has 6 nitrogen and oxygen atoms in total. The van der Waals surface area contributed by atoms with E-state index >= 15 is 0 Å². The number of rotatable bonds is 5. The van der Waals surface area contributed by atoms with E-state index < -0.39 is 0 Å². The maximum absolute atomic E-state index is 12.2. The van der Waals surface area contributed by atoms with E-state index in [1.165, 1.54) is 0 Å². The molecule has 138 valence electrons. The van der Waals surface area contributed by atoms with Gasteiger partial charge in [0.1, 0.15) is 0 Å². The van der Waals surface area contributed by atoms with Crippen LogP contribution in [-0.4, -0.2) is 63.0 Å². The minimum absolute atomic E-state index is 0.254. The number of amides is 2. The fourth-order valence-electron chi connectivity index (χ4n) is 3.31. The van der Waals surface area contributed by atoms with Gasteiger partial charge in [0.25, 0.3) is 0 Å². The van der Waals surface area contributed by atoms with Crippen LogP contribution in [0.4, 0.5) is 10.5 Å². The van der Waals surface area contributed by atoms with Crippen molar-refractivity contribution in [1.29, 1.82) is 0 Å². The lowest BCUT2D eigenvalue weighted by molar-refractivity contribution is 0.00222. The van der Waals surface area contributed by atoms with Crippen molar-refractivity contribution in [3.8, 4) is 0 Å². The van der Waals surface area contributed by atoms with Crippen molar-refractivity contribution in [2.24, 2.45) is 5.92 Å². The van der Waals surface area contributed by atoms with Crippen LogP contribution in [-0.2, 0) is 9.47 Å². The van der Waals surface area contributed by atoms with Crippen LogP contribution in [0.5, 0.6) is 0 Å². The van der Waals surface area contributed by atoms with Crippen molar-refractivity contribution in [2.75, 3.05) is 51.4 Å². The fraction of sp³-hybridized carbons (Fsp3) is 0.588. The number of hydrogen-bond donors (Lipinski definition) is 2. The Bertz CT molecular complexity index is 591. The van der Waals surface area contributed by atoms with Gasteiger partial charge in [-0.15, -0.1) is 0 Å². The van der Waals surface area contributed by atoms with Gasteiger partial charge in [-0.2, -0.15) is 0 Å². The molecular weight excluding hydrogens is 365 g/mol. The highest BCUT2D eigenvalue weighted by Crippen LogP contribution is 2.25. The third-order valence-corrected chi connectivity index (χ3v) is 5.41. The molecule has 2 fully saturated rings. The lowest BCUT2D eigenvalue weighted by Gasteiger charge is -2.37. The Morgan fingerprint density at radius 2 is 2.00 bits per heavy atom. The van der Waals surface area contributed by atoms with E-state index in [4.69, 9.17) is 32.7 Å². The molecule has 2 atom stereocenters. The number of urea groups is 1. The highest BCUT2D eigenvalue weighted by Gasteiger charge is 2.31. The zero-order valence-corrected chi connectivity index (χ0v) is 15.5. The average molecular weight is 388 g/mol. The van der Waals surface area contributed by atoms with E-state index in [2.05, 4.69) is 15.5 Å². The number of nitrogens with one attached hydrogen (secondary N) is 2. The smallest absolute Gasteiger partial charge is 0.319 e. The summed E-state index contributed by atoms with van der Waals surface area (Å²) in [5.41, 5.74) is 0.610. The van der Waals surface area contributed by atoms with Crippen LogP contribution in [0.25, 0.3) is 0 Å². The molecule has 2 heterocycles. The molecule has 3 rings (SSSR count). The van der Waals surface area contributed by atoms with Crippen LogP contribution in [0.1, 0.15) is 6.42 Å². The normalized spacial score (nSPS) is 22.6. The van der Waals surface area contributed by atoms with Crippen molar-refractivity contribution in [3.05, 3.63) is 28.2 Å². The number of carbonyl (C=O) groups is 1. The molecule has 25 heavy (non-hydrogen) atoms. The van der Waals surface area contributed by atoms with E-state index in [1.807, 2.05) is 0 Å². The monoisotopic (exact) mass is 387 g/mol. The number of carbonyl (C=O) groups excluding carboxylic acids is 1. The van der Waals surface area contributed by atoms with Gasteiger partial charge >= 0.3 is 6.03 Å². The van der Waals surface area contributed by atoms with Gasteiger partial charge in [0.05, 0.1) is 29.9 Å². The Labute approximate surface area is 157 Å². The Morgan fingerprint density at radius 1 is 1.20 bits per heavy atom. The van der Waals surface area contributed by atoms with Gasteiger partial charge in [0.2, 0.25) is 0 Å². The van der Waals surface area contributed by atoms with E-state index in [0.717, 1.165) is 45.9 Å². The number of halogens is 2. The van der Waals surface area contributed by atoms with Gasteiger partial charge in [-0.3, -0.25) is 4.90 Å². The van der Waals surface area contributed by atoms with Crippen LogP contribution in [0.15, 0.2) is 18.2 Å². The van der Waals surface area contributed by atoms with Crippen LogP contribution >= 0.6 is 23.2 Å². The number of morpholine rings is 1. The van der Waals surface area contributed by atoms with Gasteiger partial charge in [-0.25, -0.2) is 4.79 Å². The molecule has 8 heteroatoms. The highest BCUT2D eigenvalue weighted by molar-refractivity contribution is 6.42. The van der Waals surface area contributed by atoms with E-state index in [0.29, 0.717) is 28.2 Å². The molecule has 0 aromatic heterocycles. The number of anilines is 1. The summed E-state index contributed by atoms with van der Waals surface area (Å²) in [6.45, 7) is 5.36. The Balaban J connectivity index is 1.55. The van der Waals surface area contributed by atoms with Crippen molar-refractivity contribution < 1.29 is 14.3 Å². The largest absolute Gasteiger partial charge is 0.381 e. The van der Waals surface area contributed by atoms with Gasteiger partial charge in [0.15, 0.2) is 0 Å². The summed E-state index contributed by atoms with van der Waals surface area (Å²) in [6.07, 6.45) is 1.03. The standard InChI is InChI=1S/C17H23Cl2N3O3/c18-14-2-1-13(9-15(14)19)21-17(23)20-10-16(12-3-6-25-11-12)22-4-7-24-8-5-22/h1-2,9,12,16H,3-8,10-11H2,(H2,20,21,23). The van der Waals surface area contributed by atoms with Crippen LogP contribution < -0.4 is 10.6 Å². The summed E-state index contributed by atoms with van der Waals surface area (Å²) in [5, 5.41) is 6.64. The Morgan fingerprint density at radius 3 is 2.68 bits per heavy atom. The van der Waals surface area contributed by atoms with Gasteiger partial charge in [-0.05, 0) is 24.6 Å². The minimum atomic E-state index is -0.254. The van der Waals surface area contributed by atoms with Gasteiger partial charge in [0, 0.05) is 43.9 Å². The van der Waals surface area contributed by atoms with Crippen LogP contribution in [0, 0.1) is 5.92 Å². The SMILES string of the molecule is O=C(NCC(C1CCOC1)N1CCOCC1)Nc1ccc(Cl)c(Cl)c1. The summed E-state index contributed by atoms with van der Waals surface area (Å²) >= 11 is 11.9. The number of nitrogens with zero attached hydrogens (tertiary/aromatic N) is 1. The molecular formula is C17H23Cl2N3O3. The molecule has 0 radical (unpaired) electrons. The van der Waals surface area contributed by atoms with Gasteiger partial charge in [-0.1, -0.05) is 23.2 Å². The first-order valence-corrected chi connectivity index (χ1v) is 9.28. The fourth-order valence-corrected chi connectivity index (χ4v) is 3.60. The molecule has 2 aliphatic heterocycles. The molecule has 2 saturated heterocycles. The summed E-state index contributed by atoms with van der Waals surface area (Å²) in [6, 6.07) is 5.01. The predicted octanol–water partition coefficient (Wildman–Crippen LogP) is 2.85. The molecule has 0 saturated carbocycles. The van der Waals surface area contributed by atoms with Crippen LogP contribution in [0.2, 0.25) is 10.0 Å². The topological polar surface area (TPSA) is 62.8 Å². The molecule has 0 aliphatic carbocycles. The second-order valence-electron chi connectivity index (χ2n) is 6.30. The average Bonchev–Trinajstić information content (AvgIpc) is 3.14. The van der Waals surface area contributed by atoms with Crippen molar-refractivity contribution in [2.45, 2.75) is 12.5 Å². The Kier molecular flexibility index (Phi) is 6.78. The molecule has 2 unspecified atom stereocenters. The predicted molar refractivity (Wildman–Crippen MR) is 98.6 cm³/mol. The van der Waals surface area contributed by atoms with Crippen molar-refractivity contribution in [3.63, 3.8) is 0 Å². The van der Waals surface area contributed by atoms with Crippen molar-refractivity contribution >= 4 is 34.9 Å². The molecule has 2 amide bonds. The van der Waals surface area contributed by atoms with E-state index in [9.17, 15) is 4.79 Å². The van der Waals surface area contributed by atoms with Crippen LogP contribution in [0.3, 0.4) is 0 Å². The zero-order valence-electron chi connectivity index (χ0n) is 14.0. The summed E-state index contributed by atoms with van der Waals surface area (Å²) in [7, 11) is 0. The first-order valence-electron chi connectivity index (χ1n) is 8.53. The maximum atomic E-state index is 12.2. The number of ether oxygens (including phenoxy) is 2. The first-order chi connectivity index (χ1) is 12.1. The lowest BCUT2D eigenvalue weighted by Crippen LogP contribution is -2.52. The summed E-state index contributed by atoms with van der Waals surface area (Å²) < 4.78 is 11.0. The molecule has 0 spiro atoms. The molecule has 1 aromatic rings. The molecule has 2 N–H and O–H groups in total. The Hall–Kier alpha value is -1.05. The highest BCUT2D eigenvalue weighted by atomic mass is 35.5. The van der Waals surface area contributed by atoms with Gasteiger partial charge < -0.3 is 20.1 Å². The number of hydrogen-bond acceptors (Lipinski definition) is 4. The van der Waals surface area contributed by atoms with E-state index in [-0.39, 0.29) is 12.1 Å². The summed E-state index contributed by atoms with van der Waals surface area (Å²) in [4.78, 5) is 14.6. The number of benzene rings is 1. The molecule has 2 aliphatic rings. The first kappa shape index (κ1) is 18.7. The maximum Gasteiger partial charge on any atom is 0.319 e. The second kappa shape index (κ2) is 9.05. The zero-order chi connectivity index (χ0) is 17.6. The van der Waals surface area contributed by atoms with Crippen molar-refractivity contribution in [1.82, 2.24) is 10.2 Å². The molecule has 0 bridgehead atoms. The summed E-state index contributed by atoms with van der Waals surface area (Å²) in [5.74, 6) is 0.434. The van der Waals surface area contributed by atoms with E-state index in [1.54, 1.807) is 18.2 Å². The minimum Gasteiger partial charge on any atom is -0.381 e. The third kappa shape index (κ3) is 5.21. The quantitative estimate of drug-likeness (QED) is 0.815. The molecule has 1 aromatic carbocycles.